The lowest BCUT2D eigenvalue weighted by molar-refractivity contribution is -0.384. The van der Waals surface area contributed by atoms with Gasteiger partial charge in [-0.15, -0.1) is 10.2 Å². The average Bonchev–Trinajstić information content (AvgIpc) is 2.79. The molecule has 18 heavy (non-hydrogen) atoms. The summed E-state index contributed by atoms with van der Waals surface area (Å²) in [6.07, 6.45) is 1.36. The molecule has 2 aromatic rings. The van der Waals surface area contributed by atoms with Gasteiger partial charge in [-0.25, -0.2) is 8.78 Å². The zero-order valence-electron chi connectivity index (χ0n) is 9.30. The van der Waals surface area contributed by atoms with Crippen molar-refractivity contribution in [2.24, 2.45) is 0 Å². The minimum Gasteiger partial charge on any atom is -0.314 e. The lowest BCUT2D eigenvalue weighted by Gasteiger charge is -2.05. The van der Waals surface area contributed by atoms with Crippen molar-refractivity contribution in [1.82, 2.24) is 14.8 Å². The summed E-state index contributed by atoms with van der Waals surface area (Å²) in [7, 11) is 0. The van der Waals surface area contributed by atoms with Crippen LogP contribution in [0.15, 0.2) is 18.5 Å². The van der Waals surface area contributed by atoms with E-state index in [1.54, 1.807) is 6.92 Å². The highest BCUT2D eigenvalue weighted by Gasteiger charge is 2.23. The molecule has 0 unspecified atom stereocenters. The van der Waals surface area contributed by atoms with Gasteiger partial charge >= 0.3 is 0 Å². The van der Waals surface area contributed by atoms with Crippen LogP contribution in [-0.4, -0.2) is 19.7 Å². The van der Waals surface area contributed by atoms with Crippen molar-refractivity contribution >= 4 is 5.69 Å². The predicted molar refractivity (Wildman–Crippen MR) is 57.7 cm³/mol. The first-order valence-corrected chi connectivity index (χ1v) is 5.06. The van der Waals surface area contributed by atoms with Crippen LogP contribution in [0.2, 0.25) is 0 Å². The molecular formula is C10H8F2N4O2. The fourth-order valence-electron chi connectivity index (χ4n) is 1.56. The maximum Gasteiger partial charge on any atom is 0.283 e. The Hall–Kier alpha value is -2.38. The lowest BCUT2D eigenvalue weighted by atomic mass is 10.1. The van der Waals surface area contributed by atoms with Gasteiger partial charge in [0.25, 0.3) is 5.69 Å². The summed E-state index contributed by atoms with van der Waals surface area (Å²) in [5.41, 5.74) is -0.644. The fraction of sp³-hybridized carbons (Fsp3) is 0.200. The summed E-state index contributed by atoms with van der Waals surface area (Å²) < 4.78 is 27.7. The number of hydrogen-bond donors (Lipinski definition) is 0. The monoisotopic (exact) mass is 254 g/mol. The number of halogens is 2. The Morgan fingerprint density at radius 1 is 1.39 bits per heavy atom. The van der Waals surface area contributed by atoms with E-state index in [1.807, 2.05) is 0 Å². The van der Waals surface area contributed by atoms with Crippen LogP contribution in [-0.2, 0) is 6.54 Å². The van der Waals surface area contributed by atoms with Gasteiger partial charge in [0.15, 0.2) is 17.5 Å². The van der Waals surface area contributed by atoms with Gasteiger partial charge in [-0.3, -0.25) is 10.1 Å². The molecule has 0 radical (unpaired) electrons. The van der Waals surface area contributed by atoms with Crippen LogP contribution in [0.5, 0.6) is 0 Å². The van der Waals surface area contributed by atoms with E-state index in [9.17, 15) is 18.9 Å². The summed E-state index contributed by atoms with van der Waals surface area (Å²) in [5, 5.41) is 18.1. The molecular weight excluding hydrogens is 246 g/mol. The van der Waals surface area contributed by atoms with Crippen LogP contribution in [0.4, 0.5) is 14.5 Å². The molecule has 0 saturated heterocycles. The second kappa shape index (κ2) is 4.47. The summed E-state index contributed by atoms with van der Waals surface area (Å²) in [6, 6.07) is 1.29. The molecule has 0 fully saturated rings. The Bertz CT molecular complexity index is 612. The number of aromatic nitrogens is 3. The number of nitrogens with zero attached hydrogens (tertiary/aromatic N) is 4. The first kappa shape index (κ1) is 12.1. The van der Waals surface area contributed by atoms with Gasteiger partial charge in [0.1, 0.15) is 11.9 Å². The molecule has 0 saturated carbocycles. The molecule has 6 nitrogen and oxygen atoms in total. The smallest absolute Gasteiger partial charge is 0.283 e. The molecule has 0 spiro atoms. The maximum absolute atomic E-state index is 13.2. The molecule has 2 rings (SSSR count). The molecule has 0 aliphatic rings. The standard InChI is InChI=1S/C10H8F2N4O2/c1-2-15-5-13-14-10(15)6-3-7(11)8(12)4-9(6)16(17)18/h3-5H,2H2,1H3. The van der Waals surface area contributed by atoms with Crippen LogP contribution in [0.25, 0.3) is 11.4 Å². The Morgan fingerprint density at radius 2 is 2.06 bits per heavy atom. The van der Waals surface area contributed by atoms with Crippen molar-refractivity contribution in [3.8, 4) is 11.4 Å². The number of nitro groups is 1. The minimum atomic E-state index is -1.27. The third kappa shape index (κ3) is 1.92. The average molecular weight is 254 g/mol. The molecule has 1 aromatic carbocycles. The van der Waals surface area contributed by atoms with Gasteiger partial charge in [-0.1, -0.05) is 0 Å². The Labute approximate surface area is 100 Å². The number of rotatable bonds is 3. The zero-order valence-corrected chi connectivity index (χ0v) is 9.30. The Morgan fingerprint density at radius 3 is 2.67 bits per heavy atom. The predicted octanol–water partition coefficient (Wildman–Crippen LogP) is 2.15. The molecule has 1 heterocycles. The second-order valence-corrected chi connectivity index (χ2v) is 3.48. The van der Waals surface area contributed by atoms with E-state index in [1.165, 1.54) is 10.9 Å². The molecule has 0 aliphatic heterocycles. The SMILES string of the molecule is CCn1cnnc1-c1cc(F)c(F)cc1[N+](=O)[O-]. The third-order valence-electron chi connectivity index (χ3n) is 2.43. The van der Waals surface area contributed by atoms with Gasteiger partial charge in [-0.2, -0.15) is 0 Å². The van der Waals surface area contributed by atoms with E-state index in [-0.39, 0.29) is 11.4 Å². The van der Waals surface area contributed by atoms with Gasteiger partial charge < -0.3 is 4.57 Å². The van der Waals surface area contributed by atoms with Crippen molar-refractivity contribution in [2.45, 2.75) is 13.5 Å². The molecule has 0 aliphatic carbocycles. The maximum atomic E-state index is 13.2. The number of benzene rings is 1. The van der Waals surface area contributed by atoms with Crippen LogP contribution in [0.3, 0.4) is 0 Å². The van der Waals surface area contributed by atoms with E-state index in [2.05, 4.69) is 10.2 Å². The van der Waals surface area contributed by atoms with E-state index in [0.717, 1.165) is 6.07 Å². The Balaban J connectivity index is 2.70. The highest BCUT2D eigenvalue weighted by atomic mass is 19.2. The van der Waals surface area contributed by atoms with Crippen molar-refractivity contribution in [1.29, 1.82) is 0 Å². The summed E-state index contributed by atoms with van der Waals surface area (Å²) in [4.78, 5) is 10.1. The number of hydrogen-bond acceptors (Lipinski definition) is 4. The van der Waals surface area contributed by atoms with Crippen LogP contribution >= 0.6 is 0 Å². The molecule has 94 valence electrons. The second-order valence-electron chi connectivity index (χ2n) is 3.48. The first-order chi connectivity index (χ1) is 8.54. The highest BCUT2D eigenvalue weighted by molar-refractivity contribution is 5.68. The molecule has 0 N–H and O–H groups in total. The third-order valence-corrected chi connectivity index (χ3v) is 2.43. The minimum absolute atomic E-state index is 0.0988. The quantitative estimate of drug-likeness (QED) is 0.621. The molecule has 0 amide bonds. The summed E-state index contributed by atoms with van der Waals surface area (Å²) >= 11 is 0. The van der Waals surface area contributed by atoms with Crippen molar-refractivity contribution in [2.75, 3.05) is 0 Å². The highest BCUT2D eigenvalue weighted by Crippen LogP contribution is 2.30. The van der Waals surface area contributed by atoms with Gasteiger partial charge in [0, 0.05) is 6.54 Å². The van der Waals surface area contributed by atoms with Crippen LogP contribution in [0.1, 0.15) is 6.92 Å². The van der Waals surface area contributed by atoms with Crippen LogP contribution in [0, 0.1) is 21.7 Å². The molecule has 0 atom stereocenters. The molecule has 8 heteroatoms. The molecule has 0 bridgehead atoms. The molecule has 1 aromatic heterocycles. The van der Waals surface area contributed by atoms with E-state index in [4.69, 9.17) is 0 Å². The van der Waals surface area contributed by atoms with Gasteiger partial charge in [0.2, 0.25) is 0 Å². The zero-order chi connectivity index (χ0) is 13.3. The number of aryl methyl sites for hydroxylation is 1. The van der Waals surface area contributed by atoms with Gasteiger partial charge in [-0.05, 0) is 13.0 Å². The van der Waals surface area contributed by atoms with E-state index < -0.39 is 22.2 Å². The normalized spacial score (nSPS) is 10.6. The van der Waals surface area contributed by atoms with Crippen molar-refractivity contribution in [3.63, 3.8) is 0 Å². The van der Waals surface area contributed by atoms with E-state index >= 15 is 0 Å². The Kier molecular flexibility index (Phi) is 3.00. The number of nitro benzene ring substituents is 1. The van der Waals surface area contributed by atoms with E-state index in [0.29, 0.717) is 12.6 Å². The first-order valence-electron chi connectivity index (χ1n) is 5.06. The van der Waals surface area contributed by atoms with Crippen LogP contribution < -0.4 is 0 Å². The van der Waals surface area contributed by atoms with Crippen molar-refractivity contribution < 1.29 is 13.7 Å². The van der Waals surface area contributed by atoms with Crippen molar-refractivity contribution in [3.05, 3.63) is 40.2 Å². The largest absolute Gasteiger partial charge is 0.314 e. The van der Waals surface area contributed by atoms with Gasteiger partial charge in [0.05, 0.1) is 11.0 Å². The summed E-state index contributed by atoms with van der Waals surface area (Å²) in [5.74, 6) is -2.31. The fourth-order valence-corrected chi connectivity index (χ4v) is 1.56. The lowest BCUT2D eigenvalue weighted by Crippen LogP contribution is -2.01. The topological polar surface area (TPSA) is 73.8 Å². The summed E-state index contributed by atoms with van der Waals surface area (Å²) in [6.45, 7) is 2.23.